The van der Waals surface area contributed by atoms with Crippen LogP contribution in [0.2, 0.25) is 36.3 Å². The fourth-order valence-corrected chi connectivity index (χ4v) is 11.3. The number of hydrogen-bond donors (Lipinski definition) is 0. The van der Waals surface area contributed by atoms with Crippen molar-refractivity contribution in [3.8, 4) is 0 Å². The standard InChI is InChI=1S/C33H60O4Si2/c1-29(2,3)38(11,12)36-28-21-27(31(7,8)37-39(13,14)30(4,5)6)35-26-17-18-32(9)24-20-23(34)19-22(24)15-16-25(32)33(26,28)10/h20,22,25-28H,15-19,21H2,1-14H3/t22-,25+,26-,27-,28+,32+,33-/m0/s1. The Morgan fingerprint density at radius 2 is 1.49 bits per heavy atom. The first-order chi connectivity index (χ1) is 17.5. The molecule has 0 radical (unpaired) electrons. The van der Waals surface area contributed by atoms with E-state index in [2.05, 4.69) is 95.4 Å². The topological polar surface area (TPSA) is 44.8 Å². The van der Waals surface area contributed by atoms with Gasteiger partial charge in [0.2, 0.25) is 0 Å². The molecular weight excluding hydrogens is 517 g/mol. The number of ketones is 1. The summed E-state index contributed by atoms with van der Waals surface area (Å²) in [6, 6.07) is 0. The van der Waals surface area contributed by atoms with E-state index in [0.717, 1.165) is 38.5 Å². The molecule has 0 aromatic heterocycles. The molecule has 6 heteroatoms. The number of ether oxygens (including phenoxy) is 1. The van der Waals surface area contributed by atoms with Crippen molar-refractivity contribution < 1.29 is 18.4 Å². The van der Waals surface area contributed by atoms with Crippen LogP contribution in [0.1, 0.15) is 108 Å². The van der Waals surface area contributed by atoms with Crippen LogP contribution in [0.3, 0.4) is 0 Å². The van der Waals surface area contributed by atoms with Gasteiger partial charge in [-0.05, 0) is 99.1 Å². The second-order valence-corrected chi connectivity index (χ2v) is 27.1. The molecule has 0 amide bonds. The molecule has 0 aromatic rings. The van der Waals surface area contributed by atoms with Crippen LogP contribution < -0.4 is 0 Å². The monoisotopic (exact) mass is 576 g/mol. The zero-order valence-corrected chi connectivity index (χ0v) is 29.8. The van der Waals surface area contributed by atoms with E-state index in [0.29, 0.717) is 17.6 Å². The van der Waals surface area contributed by atoms with Crippen molar-refractivity contribution in [2.75, 3.05) is 0 Å². The van der Waals surface area contributed by atoms with Crippen molar-refractivity contribution in [2.24, 2.45) is 22.7 Å². The van der Waals surface area contributed by atoms with Gasteiger partial charge in [0.15, 0.2) is 22.4 Å². The maximum Gasteiger partial charge on any atom is 0.192 e. The molecule has 0 unspecified atom stereocenters. The van der Waals surface area contributed by atoms with Gasteiger partial charge in [-0.3, -0.25) is 4.79 Å². The normalized spacial score (nSPS) is 38.2. The van der Waals surface area contributed by atoms with E-state index in [-0.39, 0.29) is 39.2 Å². The van der Waals surface area contributed by atoms with Gasteiger partial charge in [0, 0.05) is 18.3 Å². The highest BCUT2D eigenvalue weighted by atomic mass is 28.4. The summed E-state index contributed by atoms with van der Waals surface area (Å²) in [7, 11) is -4.05. The predicted octanol–water partition coefficient (Wildman–Crippen LogP) is 9.07. The molecule has 39 heavy (non-hydrogen) atoms. The van der Waals surface area contributed by atoms with Crippen molar-refractivity contribution in [2.45, 2.75) is 168 Å². The van der Waals surface area contributed by atoms with Crippen LogP contribution in [0, 0.1) is 22.7 Å². The third kappa shape index (κ3) is 5.25. The highest BCUT2D eigenvalue weighted by molar-refractivity contribution is 6.74. The summed E-state index contributed by atoms with van der Waals surface area (Å²) in [6.07, 6.45) is 8.27. The molecule has 1 aliphatic heterocycles. The molecule has 4 aliphatic rings. The van der Waals surface area contributed by atoms with Crippen LogP contribution in [0.4, 0.5) is 0 Å². The molecule has 1 heterocycles. The van der Waals surface area contributed by atoms with E-state index >= 15 is 0 Å². The Hall–Kier alpha value is -0.276. The van der Waals surface area contributed by atoms with E-state index < -0.39 is 22.2 Å². The highest BCUT2D eigenvalue weighted by Crippen LogP contribution is 2.66. The molecule has 3 fully saturated rings. The smallest absolute Gasteiger partial charge is 0.192 e. The van der Waals surface area contributed by atoms with Crippen molar-refractivity contribution in [3.05, 3.63) is 11.6 Å². The largest absolute Gasteiger partial charge is 0.413 e. The molecule has 7 atom stereocenters. The Morgan fingerprint density at radius 1 is 0.897 bits per heavy atom. The third-order valence-corrected chi connectivity index (χ3v) is 21.7. The second kappa shape index (κ2) is 9.62. The first-order valence-corrected chi connectivity index (χ1v) is 21.6. The molecule has 0 spiro atoms. The summed E-state index contributed by atoms with van der Waals surface area (Å²) < 4.78 is 21.8. The van der Waals surface area contributed by atoms with E-state index in [1.54, 1.807) is 0 Å². The van der Waals surface area contributed by atoms with Gasteiger partial charge in [-0.2, -0.15) is 0 Å². The molecule has 3 aliphatic carbocycles. The van der Waals surface area contributed by atoms with Crippen LogP contribution in [0.25, 0.3) is 0 Å². The van der Waals surface area contributed by atoms with E-state index in [4.69, 9.17) is 13.6 Å². The van der Waals surface area contributed by atoms with Gasteiger partial charge in [-0.15, -0.1) is 0 Å². The number of carbonyl (C=O) groups is 1. The SMILES string of the molecule is CC(C)(O[Si](C)(C)C(C)(C)C)[C@@H]1C[C@@H](O[Si](C)(C)C(C)(C)C)[C@]2(C)[C@H](CC[C@]3(C)C4=CC(=O)C[C@@H]4CC[C@@H]23)O1. The zero-order chi connectivity index (χ0) is 29.6. The molecule has 2 saturated carbocycles. The van der Waals surface area contributed by atoms with Crippen LogP contribution in [-0.2, 0) is 18.4 Å². The molecule has 4 nitrogen and oxygen atoms in total. The lowest BCUT2D eigenvalue weighted by Crippen LogP contribution is -2.68. The lowest BCUT2D eigenvalue weighted by molar-refractivity contribution is -0.260. The number of fused-ring (bicyclic) bond motifs is 5. The van der Waals surface area contributed by atoms with Crippen molar-refractivity contribution in [3.63, 3.8) is 0 Å². The van der Waals surface area contributed by atoms with Crippen molar-refractivity contribution >= 4 is 22.4 Å². The molecule has 4 rings (SSSR count). The van der Waals surface area contributed by atoms with Gasteiger partial charge in [0.05, 0.1) is 23.9 Å². The Bertz CT molecular complexity index is 1000. The Morgan fingerprint density at radius 3 is 2.05 bits per heavy atom. The minimum atomic E-state index is -2.06. The zero-order valence-electron chi connectivity index (χ0n) is 27.8. The van der Waals surface area contributed by atoms with E-state index in [1.165, 1.54) is 5.57 Å². The molecule has 0 N–H and O–H groups in total. The summed E-state index contributed by atoms with van der Waals surface area (Å²) in [4.78, 5) is 12.6. The van der Waals surface area contributed by atoms with Gasteiger partial charge < -0.3 is 13.6 Å². The van der Waals surface area contributed by atoms with E-state index in [9.17, 15) is 4.79 Å². The van der Waals surface area contributed by atoms with Gasteiger partial charge in [0.25, 0.3) is 0 Å². The number of rotatable bonds is 5. The average molecular weight is 577 g/mol. The minimum Gasteiger partial charge on any atom is -0.413 e. The first-order valence-electron chi connectivity index (χ1n) is 15.7. The second-order valence-electron chi connectivity index (χ2n) is 17.6. The van der Waals surface area contributed by atoms with Crippen molar-refractivity contribution in [1.82, 2.24) is 0 Å². The summed E-state index contributed by atoms with van der Waals surface area (Å²) in [5, 5.41) is 0.276. The highest BCUT2D eigenvalue weighted by Gasteiger charge is 2.65. The lowest BCUT2D eigenvalue weighted by Gasteiger charge is -2.65. The quantitative estimate of drug-likeness (QED) is 0.306. The summed E-state index contributed by atoms with van der Waals surface area (Å²) >= 11 is 0. The summed E-state index contributed by atoms with van der Waals surface area (Å²) in [6.45, 7) is 33.0. The number of carbonyl (C=O) groups excluding carboxylic acids is 1. The maximum atomic E-state index is 12.6. The average Bonchev–Trinajstić information content (AvgIpc) is 3.13. The Balaban J connectivity index is 1.74. The first kappa shape index (κ1) is 31.7. The van der Waals surface area contributed by atoms with Gasteiger partial charge in [-0.25, -0.2) is 0 Å². The van der Waals surface area contributed by atoms with Crippen LogP contribution >= 0.6 is 0 Å². The summed E-state index contributed by atoms with van der Waals surface area (Å²) in [5.41, 5.74) is 1.01. The lowest BCUT2D eigenvalue weighted by atomic mass is 9.45. The van der Waals surface area contributed by atoms with Gasteiger partial charge in [0.1, 0.15) is 0 Å². The molecule has 224 valence electrons. The Labute approximate surface area is 242 Å². The fourth-order valence-electron chi connectivity index (χ4n) is 8.14. The van der Waals surface area contributed by atoms with Crippen LogP contribution in [0.5, 0.6) is 0 Å². The molecule has 1 saturated heterocycles. The van der Waals surface area contributed by atoms with Crippen LogP contribution in [0.15, 0.2) is 11.6 Å². The summed E-state index contributed by atoms with van der Waals surface area (Å²) in [5.74, 6) is 1.24. The molecule has 0 aromatic carbocycles. The van der Waals surface area contributed by atoms with Gasteiger partial charge in [-0.1, -0.05) is 61.0 Å². The minimum absolute atomic E-state index is 0.00700. The van der Waals surface area contributed by atoms with E-state index in [1.807, 2.05) is 6.08 Å². The number of hydrogen-bond acceptors (Lipinski definition) is 4. The number of allylic oxidation sites excluding steroid dienone is 2. The fraction of sp³-hybridized carbons (Fsp3) is 0.909. The predicted molar refractivity (Wildman–Crippen MR) is 167 cm³/mol. The van der Waals surface area contributed by atoms with Gasteiger partial charge >= 0.3 is 0 Å². The van der Waals surface area contributed by atoms with Crippen molar-refractivity contribution in [1.29, 1.82) is 0 Å². The Kier molecular flexibility index (Phi) is 7.81. The molecular formula is C33H60O4Si2. The van der Waals surface area contributed by atoms with Crippen LogP contribution in [-0.4, -0.2) is 46.3 Å². The molecule has 0 bridgehead atoms. The third-order valence-electron chi connectivity index (χ3n) is 12.6. The maximum absolute atomic E-state index is 12.6.